The van der Waals surface area contributed by atoms with Gasteiger partial charge in [-0.05, 0) is 46.5 Å². The van der Waals surface area contributed by atoms with E-state index in [2.05, 4.69) is 17.4 Å². The second-order valence-electron chi connectivity index (χ2n) is 7.59. The second-order valence-corrected chi connectivity index (χ2v) is 7.59. The first-order chi connectivity index (χ1) is 11.5. The molecule has 1 N–H and O–H groups in total. The molecule has 24 heavy (non-hydrogen) atoms. The molecule has 3 rings (SSSR count). The Hall–Kier alpha value is -1.36. The van der Waals surface area contributed by atoms with Gasteiger partial charge in [0.2, 0.25) is 5.91 Å². The van der Waals surface area contributed by atoms with Crippen LogP contribution in [0.15, 0.2) is 4.52 Å². The van der Waals surface area contributed by atoms with Crippen LogP contribution in [0.1, 0.15) is 63.0 Å². The van der Waals surface area contributed by atoms with E-state index in [1.807, 2.05) is 20.8 Å². The topological polar surface area (TPSA) is 64.4 Å². The zero-order valence-corrected chi connectivity index (χ0v) is 15.4. The van der Waals surface area contributed by atoms with Crippen LogP contribution in [0.2, 0.25) is 0 Å². The van der Waals surface area contributed by atoms with Gasteiger partial charge in [0.1, 0.15) is 5.76 Å². The lowest BCUT2D eigenvalue weighted by atomic mass is 9.60. The lowest BCUT2D eigenvalue weighted by Gasteiger charge is -2.54. The zero-order valence-electron chi connectivity index (χ0n) is 15.4. The van der Waals surface area contributed by atoms with Gasteiger partial charge in [0.05, 0.1) is 11.8 Å². The van der Waals surface area contributed by atoms with Crippen molar-refractivity contribution in [1.29, 1.82) is 0 Å². The molecule has 0 saturated heterocycles. The lowest BCUT2D eigenvalue weighted by Crippen LogP contribution is -2.64. The van der Waals surface area contributed by atoms with Gasteiger partial charge in [0.25, 0.3) is 0 Å². The molecule has 5 heteroatoms. The van der Waals surface area contributed by atoms with E-state index in [1.165, 1.54) is 25.7 Å². The minimum absolute atomic E-state index is 0.0774. The third kappa shape index (κ3) is 2.99. The first-order valence-electron chi connectivity index (χ1n) is 9.31. The van der Waals surface area contributed by atoms with E-state index in [4.69, 9.17) is 9.26 Å². The number of carbonyl (C=O) groups excluding carboxylic acids is 1. The Morgan fingerprint density at radius 3 is 2.71 bits per heavy atom. The van der Waals surface area contributed by atoms with Crippen molar-refractivity contribution in [2.75, 3.05) is 6.61 Å². The molecule has 1 spiro atoms. The number of rotatable bonds is 6. The molecule has 2 fully saturated rings. The minimum Gasteiger partial charge on any atom is -0.378 e. The molecule has 0 bridgehead atoms. The summed E-state index contributed by atoms with van der Waals surface area (Å²) in [5.41, 5.74) is 2.14. The smallest absolute Gasteiger partial charge is 0.223 e. The predicted octanol–water partition coefficient (Wildman–Crippen LogP) is 3.32. The highest BCUT2D eigenvalue weighted by Crippen LogP contribution is 2.54. The predicted molar refractivity (Wildman–Crippen MR) is 91.7 cm³/mol. The van der Waals surface area contributed by atoms with E-state index in [1.54, 1.807) is 0 Å². The van der Waals surface area contributed by atoms with Gasteiger partial charge in [-0.3, -0.25) is 4.79 Å². The number of hydrogen-bond donors (Lipinski definition) is 1. The normalized spacial score (nSPS) is 26.3. The molecule has 0 radical (unpaired) electrons. The summed E-state index contributed by atoms with van der Waals surface area (Å²) in [4.78, 5) is 12.7. The molecule has 134 valence electrons. The highest BCUT2D eigenvalue weighted by Gasteiger charge is 2.57. The monoisotopic (exact) mass is 334 g/mol. The second kappa shape index (κ2) is 6.87. The van der Waals surface area contributed by atoms with Crippen LogP contribution in [-0.2, 0) is 16.0 Å². The van der Waals surface area contributed by atoms with E-state index in [0.29, 0.717) is 12.5 Å². The quantitative estimate of drug-likeness (QED) is 0.867. The summed E-state index contributed by atoms with van der Waals surface area (Å²) in [7, 11) is 0. The van der Waals surface area contributed by atoms with Gasteiger partial charge in [-0.1, -0.05) is 24.9 Å². The summed E-state index contributed by atoms with van der Waals surface area (Å²) in [5.74, 6) is 0.882. The molecule has 2 aliphatic rings. The molecule has 0 aliphatic heterocycles. The van der Waals surface area contributed by atoms with Crippen molar-refractivity contribution < 1.29 is 14.1 Å². The maximum absolute atomic E-state index is 12.7. The SMILES string of the molecule is CCO[C@@H]1C[C@H](NC(=O)[C@@H](C)Cc2c(C)noc2C)C12CCCC2. The van der Waals surface area contributed by atoms with Crippen molar-refractivity contribution in [1.82, 2.24) is 10.5 Å². The van der Waals surface area contributed by atoms with Crippen LogP contribution < -0.4 is 5.32 Å². The van der Waals surface area contributed by atoms with Crippen molar-refractivity contribution in [3.63, 3.8) is 0 Å². The van der Waals surface area contributed by atoms with Crippen LogP contribution in [0.3, 0.4) is 0 Å². The van der Waals surface area contributed by atoms with Crippen molar-refractivity contribution in [2.24, 2.45) is 11.3 Å². The van der Waals surface area contributed by atoms with E-state index in [9.17, 15) is 4.79 Å². The number of aromatic nitrogens is 1. The maximum Gasteiger partial charge on any atom is 0.223 e. The molecule has 1 aromatic heterocycles. The zero-order chi connectivity index (χ0) is 17.3. The molecular weight excluding hydrogens is 304 g/mol. The summed E-state index contributed by atoms with van der Waals surface area (Å²) in [5, 5.41) is 7.30. The van der Waals surface area contributed by atoms with E-state index in [-0.39, 0.29) is 23.3 Å². The van der Waals surface area contributed by atoms with Gasteiger partial charge in [-0.15, -0.1) is 0 Å². The molecule has 2 aliphatic carbocycles. The standard InChI is InChI=1S/C19H30N2O3/c1-5-23-17-11-16(19(17)8-6-7-9-19)20-18(22)12(2)10-15-13(3)21-24-14(15)4/h12,16-17H,5-11H2,1-4H3,(H,20,22)/t12-,16-,17+/m0/s1. The number of nitrogens with one attached hydrogen (secondary N) is 1. The van der Waals surface area contributed by atoms with Gasteiger partial charge in [-0.25, -0.2) is 0 Å². The third-order valence-electron chi connectivity index (χ3n) is 6.14. The van der Waals surface area contributed by atoms with Crippen molar-refractivity contribution in [3.05, 3.63) is 17.0 Å². The summed E-state index contributed by atoms with van der Waals surface area (Å²) >= 11 is 0. The van der Waals surface area contributed by atoms with Gasteiger partial charge < -0.3 is 14.6 Å². The number of hydrogen-bond acceptors (Lipinski definition) is 4. The number of carbonyl (C=O) groups is 1. The lowest BCUT2D eigenvalue weighted by molar-refractivity contribution is -0.146. The Bertz CT molecular complexity index is 570. The maximum atomic E-state index is 12.7. The van der Waals surface area contributed by atoms with Gasteiger partial charge in [0, 0.05) is 29.5 Å². The molecule has 1 heterocycles. The number of nitrogens with zero attached hydrogens (tertiary/aromatic N) is 1. The molecule has 0 aromatic carbocycles. The Morgan fingerprint density at radius 1 is 1.42 bits per heavy atom. The molecule has 5 nitrogen and oxygen atoms in total. The fourth-order valence-corrected chi connectivity index (χ4v) is 4.60. The first-order valence-corrected chi connectivity index (χ1v) is 9.31. The highest BCUT2D eigenvalue weighted by atomic mass is 16.5. The summed E-state index contributed by atoms with van der Waals surface area (Å²) in [6, 6.07) is 0.274. The average molecular weight is 334 g/mol. The Kier molecular flexibility index (Phi) is 5.00. The Balaban J connectivity index is 1.60. The van der Waals surface area contributed by atoms with E-state index in [0.717, 1.165) is 30.0 Å². The molecule has 0 unspecified atom stereocenters. The number of aryl methyl sites for hydroxylation is 2. The highest BCUT2D eigenvalue weighted by molar-refractivity contribution is 5.79. The van der Waals surface area contributed by atoms with Crippen LogP contribution in [0.4, 0.5) is 0 Å². The van der Waals surface area contributed by atoms with Crippen LogP contribution in [0, 0.1) is 25.2 Å². The van der Waals surface area contributed by atoms with Crippen LogP contribution in [0.25, 0.3) is 0 Å². The van der Waals surface area contributed by atoms with Crippen LogP contribution >= 0.6 is 0 Å². The van der Waals surface area contributed by atoms with Crippen LogP contribution in [-0.4, -0.2) is 29.8 Å². The largest absolute Gasteiger partial charge is 0.378 e. The van der Waals surface area contributed by atoms with Gasteiger partial charge in [0.15, 0.2) is 0 Å². The summed E-state index contributed by atoms with van der Waals surface area (Å²) < 4.78 is 11.1. The third-order valence-corrected chi connectivity index (χ3v) is 6.14. The van der Waals surface area contributed by atoms with Gasteiger partial charge in [-0.2, -0.15) is 0 Å². The average Bonchev–Trinajstić information content (AvgIpc) is 3.18. The molecule has 3 atom stereocenters. The molecule has 2 saturated carbocycles. The molecule has 1 amide bonds. The van der Waals surface area contributed by atoms with E-state index < -0.39 is 0 Å². The summed E-state index contributed by atoms with van der Waals surface area (Å²) in [6.07, 6.45) is 6.84. The number of amides is 1. The van der Waals surface area contributed by atoms with Gasteiger partial charge >= 0.3 is 0 Å². The summed E-state index contributed by atoms with van der Waals surface area (Å²) in [6.45, 7) is 8.64. The fourth-order valence-electron chi connectivity index (χ4n) is 4.60. The van der Waals surface area contributed by atoms with Crippen molar-refractivity contribution >= 4 is 5.91 Å². The Morgan fingerprint density at radius 2 is 2.12 bits per heavy atom. The van der Waals surface area contributed by atoms with Crippen molar-refractivity contribution in [3.8, 4) is 0 Å². The van der Waals surface area contributed by atoms with E-state index >= 15 is 0 Å². The molecule has 1 aromatic rings. The number of ether oxygens (including phenoxy) is 1. The Labute approximate surface area is 144 Å². The van der Waals surface area contributed by atoms with Crippen LogP contribution in [0.5, 0.6) is 0 Å². The first kappa shape index (κ1) is 17.5. The van der Waals surface area contributed by atoms with Crippen molar-refractivity contribution in [2.45, 2.75) is 78.4 Å². The minimum atomic E-state index is -0.0774. The fraction of sp³-hybridized carbons (Fsp3) is 0.789. The molecular formula is C19H30N2O3.